The average Bonchev–Trinajstić information content (AvgIpc) is 2.67. The van der Waals surface area contributed by atoms with Gasteiger partial charge in [-0.25, -0.2) is 9.48 Å². The SMILES string of the molecule is COC(=O)c1cc2c(nnn2C)s1. The van der Waals surface area contributed by atoms with Gasteiger partial charge < -0.3 is 4.74 Å². The first-order valence-electron chi connectivity index (χ1n) is 3.60. The van der Waals surface area contributed by atoms with Crippen molar-refractivity contribution in [3.05, 3.63) is 10.9 Å². The maximum atomic E-state index is 11.1. The van der Waals surface area contributed by atoms with E-state index in [0.717, 1.165) is 10.3 Å². The molecule has 0 unspecified atom stereocenters. The molecular formula is C7H7N3O2S. The third-order valence-corrected chi connectivity index (χ3v) is 2.69. The van der Waals surface area contributed by atoms with Crippen LogP contribution in [-0.2, 0) is 11.8 Å². The number of fused-ring (bicyclic) bond motifs is 1. The monoisotopic (exact) mass is 197 g/mol. The van der Waals surface area contributed by atoms with Crippen molar-refractivity contribution in [3.63, 3.8) is 0 Å². The van der Waals surface area contributed by atoms with E-state index < -0.39 is 0 Å². The molecule has 0 radical (unpaired) electrons. The summed E-state index contributed by atoms with van der Waals surface area (Å²) in [7, 11) is 3.14. The van der Waals surface area contributed by atoms with E-state index in [1.165, 1.54) is 18.4 Å². The molecule has 5 nitrogen and oxygen atoms in total. The quantitative estimate of drug-likeness (QED) is 0.635. The van der Waals surface area contributed by atoms with Crippen LogP contribution in [0.5, 0.6) is 0 Å². The van der Waals surface area contributed by atoms with Crippen LogP contribution in [0.25, 0.3) is 10.3 Å². The smallest absolute Gasteiger partial charge is 0.348 e. The molecule has 0 atom stereocenters. The Morgan fingerprint density at radius 2 is 2.46 bits per heavy atom. The third kappa shape index (κ3) is 1.19. The van der Waals surface area contributed by atoms with E-state index in [0.29, 0.717) is 4.88 Å². The molecule has 0 amide bonds. The molecule has 2 aromatic heterocycles. The second kappa shape index (κ2) is 2.81. The topological polar surface area (TPSA) is 57.0 Å². The highest BCUT2D eigenvalue weighted by atomic mass is 32.1. The van der Waals surface area contributed by atoms with Gasteiger partial charge in [-0.2, -0.15) is 0 Å². The Labute approximate surface area is 77.9 Å². The van der Waals surface area contributed by atoms with Crippen molar-refractivity contribution >= 4 is 27.7 Å². The van der Waals surface area contributed by atoms with E-state index in [1.807, 2.05) is 0 Å². The van der Waals surface area contributed by atoms with Crippen molar-refractivity contribution in [2.45, 2.75) is 0 Å². The summed E-state index contributed by atoms with van der Waals surface area (Å²) in [6, 6.07) is 1.73. The molecule has 0 aliphatic heterocycles. The van der Waals surface area contributed by atoms with Gasteiger partial charge in [-0.15, -0.1) is 16.4 Å². The number of esters is 1. The fraction of sp³-hybridized carbons (Fsp3) is 0.286. The normalized spacial score (nSPS) is 10.6. The first-order valence-corrected chi connectivity index (χ1v) is 4.41. The number of carbonyl (C=O) groups is 1. The van der Waals surface area contributed by atoms with E-state index in [9.17, 15) is 4.79 Å². The summed E-state index contributed by atoms with van der Waals surface area (Å²) in [6.45, 7) is 0. The van der Waals surface area contributed by atoms with Gasteiger partial charge in [0, 0.05) is 7.05 Å². The van der Waals surface area contributed by atoms with Gasteiger partial charge >= 0.3 is 5.97 Å². The molecule has 2 aromatic rings. The van der Waals surface area contributed by atoms with Gasteiger partial charge in [0.15, 0.2) is 4.83 Å². The van der Waals surface area contributed by atoms with Crippen LogP contribution < -0.4 is 0 Å². The van der Waals surface area contributed by atoms with Gasteiger partial charge in [-0.1, -0.05) is 5.21 Å². The molecule has 0 N–H and O–H groups in total. The number of hydrogen-bond donors (Lipinski definition) is 0. The van der Waals surface area contributed by atoms with Crippen LogP contribution in [0.3, 0.4) is 0 Å². The lowest BCUT2D eigenvalue weighted by Crippen LogP contribution is -1.97. The Bertz CT molecular complexity index is 459. The standard InChI is InChI=1S/C7H7N3O2S/c1-10-4-3-5(7(11)12-2)13-6(4)8-9-10/h3H,1-2H3. The first kappa shape index (κ1) is 8.18. The molecule has 0 aliphatic carbocycles. The summed E-state index contributed by atoms with van der Waals surface area (Å²) in [6.07, 6.45) is 0. The zero-order chi connectivity index (χ0) is 9.42. The van der Waals surface area contributed by atoms with Crippen LogP contribution in [0.15, 0.2) is 6.07 Å². The fourth-order valence-corrected chi connectivity index (χ4v) is 1.95. The molecule has 0 bridgehead atoms. The van der Waals surface area contributed by atoms with Crippen LogP contribution >= 0.6 is 11.3 Å². The lowest BCUT2D eigenvalue weighted by atomic mass is 10.4. The molecule has 68 valence electrons. The van der Waals surface area contributed by atoms with Gasteiger partial charge in [0.05, 0.1) is 7.11 Å². The van der Waals surface area contributed by atoms with Crippen LogP contribution in [-0.4, -0.2) is 28.1 Å². The molecule has 0 aliphatic rings. The fourth-order valence-electron chi connectivity index (χ4n) is 1.03. The molecule has 6 heteroatoms. The van der Waals surface area contributed by atoms with Gasteiger partial charge in [-0.05, 0) is 6.07 Å². The molecular weight excluding hydrogens is 190 g/mol. The van der Waals surface area contributed by atoms with Crippen LogP contribution in [0.2, 0.25) is 0 Å². The number of carbonyl (C=O) groups excluding carboxylic acids is 1. The minimum Gasteiger partial charge on any atom is -0.465 e. The molecule has 0 saturated carbocycles. The van der Waals surface area contributed by atoms with Crippen LogP contribution in [0.4, 0.5) is 0 Å². The van der Waals surface area contributed by atoms with Gasteiger partial charge in [-0.3, -0.25) is 0 Å². The lowest BCUT2D eigenvalue weighted by molar-refractivity contribution is 0.0606. The summed E-state index contributed by atoms with van der Waals surface area (Å²) < 4.78 is 6.21. The van der Waals surface area contributed by atoms with E-state index in [1.54, 1.807) is 17.8 Å². The predicted octanol–water partition coefficient (Wildman–Crippen LogP) is 0.816. The van der Waals surface area contributed by atoms with Crippen molar-refractivity contribution in [1.82, 2.24) is 15.0 Å². The number of nitrogens with zero attached hydrogens (tertiary/aromatic N) is 3. The van der Waals surface area contributed by atoms with Crippen molar-refractivity contribution in [2.24, 2.45) is 7.05 Å². The Hall–Kier alpha value is -1.43. The van der Waals surface area contributed by atoms with E-state index in [-0.39, 0.29) is 5.97 Å². The van der Waals surface area contributed by atoms with Crippen molar-refractivity contribution in [1.29, 1.82) is 0 Å². The Kier molecular flexibility index (Phi) is 1.77. The highest BCUT2D eigenvalue weighted by molar-refractivity contribution is 7.20. The highest BCUT2D eigenvalue weighted by Crippen LogP contribution is 2.22. The predicted molar refractivity (Wildman–Crippen MR) is 47.7 cm³/mol. The molecule has 13 heavy (non-hydrogen) atoms. The molecule has 2 heterocycles. The number of hydrogen-bond acceptors (Lipinski definition) is 5. The average molecular weight is 197 g/mol. The summed E-state index contributed by atoms with van der Waals surface area (Å²) in [4.78, 5) is 12.4. The largest absolute Gasteiger partial charge is 0.465 e. The van der Waals surface area contributed by atoms with Crippen molar-refractivity contribution < 1.29 is 9.53 Å². The second-order valence-electron chi connectivity index (χ2n) is 2.51. The minimum absolute atomic E-state index is 0.331. The second-order valence-corrected chi connectivity index (χ2v) is 3.54. The van der Waals surface area contributed by atoms with E-state index in [2.05, 4.69) is 15.0 Å². The maximum Gasteiger partial charge on any atom is 0.348 e. The van der Waals surface area contributed by atoms with Crippen LogP contribution in [0, 0.1) is 0 Å². The van der Waals surface area contributed by atoms with Gasteiger partial charge in [0.2, 0.25) is 0 Å². The van der Waals surface area contributed by atoms with Crippen molar-refractivity contribution in [2.75, 3.05) is 7.11 Å². The van der Waals surface area contributed by atoms with Crippen molar-refractivity contribution in [3.8, 4) is 0 Å². The molecule has 0 aromatic carbocycles. The number of methoxy groups -OCH3 is 1. The maximum absolute atomic E-state index is 11.1. The van der Waals surface area contributed by atoms with Gasteiger partial charge in [0.1, 0.15) is 10.4 Å². The summed E-state index contributed by atoms with van der Waals surface area (Å²) in [5.41, 5.74) is 0.852. The zero-order valence-electron chi connectivity index (χ0n) is 7.14. The molecule has 0 spiro atoms. The number of ether oxygens (including phenoxy) is 1. The molecule has 0 fully saturated rings. The number of thiophene rings is 1. The van der Waals surface area contributed by atoms with E-state index in [4.69, 9.17) is 0 Å². The summed E-state index contributed by atoms with van der Waals surface area (Å²) in [5.74, 6) is -0.331. The number of aryl methyl sites for hydroxylation is 1. The Morgan fingerprint density at radius 3 is 3.08 bits per heavy atom. The Balaban J connectivity index is 2.56. The first-order chi connectivity index (χ1) is 6.22. The number of aromatic nitrogens is 3. The Morgan fingerprint density at radius 1 is 1.69 bits per heavy atom. The molecule has 0 saturated heterocycles. The highest BCUT2D eigenvalue weighted by Gasteiger charge is 2.13. The summed E-state index contributed by atoms with van der Waals surface area (Å²) >= 11 is 1.28. The van der Waals surface area contributed by atoms with Crippen LogP contribution in [0.1, 0.15) is 9.67 Å². The van der Waals surface area contributed by atoms with E-state index >= 15 is 0 Å². The molecule has 2 rings (SSSR count). The lowest BCUT2D eigenvalue weighted by Gasteiger charge is -1.91. The zero-order valence-corrected chi connectivity index (χ0v) is 7.96. The van der Waals surface area contributed by atoms with Gasteiger partial charge in [0.25, 0.3) is 0 Å². The number of rotatable bonds is 1. The third-order valence-electron chi connectivity index (χ3n) is 1.70. The summed E-state index contributed by atoms with van der Waals surface area (Å²) in [5, 5.41) is 7.69. The minimum atomic E-state index is -0.331.